The molecule has 0 heterocycles. The molecule has 0 bridgehead atoms. The van der Waals surface area contributed by atoms with E-state index in [4.69, 9.17) is 9.47 Å². The van der Waals surface area contributed by atoms with Gasteiger partial charge in [-0.3, -0.25) is 14.4 Å². The Labute approximate surface area is 200 Å². The molecule has 0 aliphatic heterocycles. The van der Waals surface area contributed by atoms with Crippen LogP contribution in [0.15, 0.2) is 39.9 Å². The number of halogens is 1. The average Bonchev–Trinajstić information content (AvgIpc) is 3.59. The van der Waals surface area contributed by atoms with E-state index in [9.17, 15) is 14.4 Å². The Kier molecular flexibility index (Phi) is 8.05. The van der Waals surface area contributed by atoms with Gasteiger partial charge in [-0.2, -0.15) is 5.10 Å². The molecule has 0 radical (unpaired) electrons. The summed E-state index contributed by atoms with van der Waals surface area (Å²) in [6.45, 7) is 3.62. The summed E-state index contributed by atoms with van der Waals surface area (Å²) in [6.07, 6.45) is 3.14. The molecule has 0 unspecified atom stereocenters. The summed E-state index contributed by atoms with van der Waals surface area (Å²) in [5, 5.41) is 9.25. The molecule has 0 aromatic heterocycles. The van der Waals surface area contributed by atoms with Crippen LogP contribution in [0.3, 0.4) is 0 Å². The van der Waals surface area contributed by atoms with Gasteiger partial charge in [-0.25, -0.2) is 5.43 Å². The maximum Gasteiger partial charge on any atom is 0.329 e. The molecule has 3 N–H and O–H groups in total. The molecule has 174 valence electrons. The van der Waals surface area contributed by atoms with E-state index in [1.165, 1.54) is 13.3 Å². The van der Waals surface area contributed by atoms with Crippen molar-refractivity contribution < 1.29 is 23.9 Å². The number of amides is 3. The fraction of sp³-hybridized carbons (Fsp3) is 0.304. The Balaban J connectivity index is 1.60. The van der Waals surface area contributed by atoms with Crippen LogP contribution in [0.5, 0.6) is 11.5 Å². The van der Waals surface area contributed by atoms with Crippen LogP contribution in [-0.4, -0.2) is 43.7 Å². The summed E-state index contributed by atoms with van der Waals surface area (Å²) in [5.74, 6) is -1.14. The minimum Gasteiger partial charge on any atom is -0.493 e. The predicted molar refractivity (Wildman–Crippen MR) is 128 cm³/mol. The van der Waals surface area contributed by atoms with E-state index in [2.05, 4.69) is 37.1 Å². The highest BCUT2D eigenvalue weighted by atomic mass is 79.9. The summed E-state index contributed by atoms with van der Waals surface area (Å²) < 4.78 is 11.6. The van der Waals surface area contributed by atoms with Gasteiger partial charge in [0.1, 0.15) is 0 Å². The average molecular weight is 517 g/mol. The highest BCUT2D eigenvalue weighted by Crippen LogP contribution is 2.36. The number of para-hydroxylation sites is 1. The van der Waals surface area contributed by atoms with E-state index in [1.54, 1.807) is 12.1 Å². The lowest BCUT2D eigenvalue weighted by atomic mass is 10.1. The maximum absolute atomic E-state index is 12.4. The predicted octanol–water partition coefficient (Wildman–Crippen LogP) is 2.82. The zero-order valence-corrected chi connectivity index (χ0v) is 20.1. The van der Waals surface area contributed by atoms with E-state index in [0.29, 0.717) is 21.5 Å². The van der Waals surface area contributed by atoms with Crippen LogP contribution < -0.4 is 25.5 Å². The molecule has 33 heavy (non-hydrogen) atoms. The Morgan fingerprint density at radius 3 is 2.48 bits per heavy atom. The molecule has 9 nitrogen and oxygen atoms in total. The van der Waals surface area contributed by atoms with Gasteiger partial charge in [-0.05, 0) is 71.4 Å². The molecule has 2 aromatic carbocycles. The number of hydrazone groups is 1. The summed E-state index contributed by atoms with van der Waals surface area (Å²) >= 11 is 3.41. The van der Waals surface area contributed by atoms with Crippen molar-refractivity contribution in [2.24, 2.45) is 5.10 Å². The van der Waals surface area contributed by atoms with Gasteiger partial charge in [0.25, 0.3) is 5.91 Å². The van der Waals surface area contributed by atoms with Gasteiger partial charge < -0.3 is 20.1 Å². The molecular formula is C23H25BrN4O5. The Hall–Kier alpha value is -3.40. The van der Waals surface area contributed by atoms with Gasteiger partial charge in [0, 0.05) is 11.7 Å². The number of ether oxygens (including phenoxy) is 2. The number of hydrogen-bond donors (Lipinski definition) is 3. The second kappa shape index (κ2) is 11.0. The second-order valence-corrected chi connectivity index (χ2v) is 8.44. The largest absolute Gasteiger partial charge is 0.493 e. The van der Waals surface area contributed by atoms with Crippen molar-refractivity contribution in [1.82, 2.24) is 10.7 Å². The number of hydrogen-bond acceptors (Lipinski definition) is 6. The highest BCUT2D eigenvalue weighted by Gasteiger charge is 2.26. The van der Waals surface area contributed by atoms with E-state index >= 15 is 0 Å². The lowest BCUT2D eigenvalue weighted by molar-refractivity contribution is -0.139. The molecule has 1 saturated carbocycles. The van der Waals surface area contributed by atoms with Crippen LogP contribution in [0.4, 0.5) is 5.69 Å². The number of nitrogens with zero attached hydrogens (tertiary/aromatic N) is 1. The monoisotopic (exact) mass is 516 g/mol. The number of rotatable bonds is 8. The van der Waals surface area contributed by atoms with Gasteiger partial charge in [-0.15, -0.1) is 0 Å². The van der Waals surface area contributed by atoms with Crippen molar-refractivity contribution in [1.29, 1.82) is 0 Å². The summed E-state index contributed by atoms with van der Waals surface area (Å²) in [4.78, 5) is 35.8. The lowest BCUT2D eigenvalue weighted by Gasteiger charge is -2.15. The molecule has 1 aliphatic carbocycles. The maximum atomic E-state index is 12.4. The van der Waals surface area contributed by atoms with Crippen molar-refractivity contribution in [3.05, 3.63) is 51.5 Å². The van der Waals surface area contributed by atoms with Gasteiger partial charge in [0.15, 0.2) is 18.1 Å². The standard InChI is InChI=1S/C23H25BrN4O5/c1-13-5-4-6-14(2)20(13)27-19(29)12-33-21-17(24)9-15(10-18(21)32-3)11-25-28-23(31)22(30)26-16-7-8-16/h4-6,9-11,16H,7-8,12H2,1-3H3,(H,26,30)(H,27,29)(H,28,31). The zero-order valence-electron chi connectivity index (χ0n) is 18.5. The lowest BCUT2D eigenvalue weighted by Crippen LogP contribution is -2.38. The molecule has 0 atom stereocenters. The van der Waals surface area contributed by atoms with Crippen molar-refractivity contribution in [2.45, 2.75) is 32.7 Å². The molecule has 0 spiro atoms. The smallest absolute Gasteiger partial charge is 0.329 e. The Morgan fingerprint density at radius 1 is 1.15 bits per heavy atom. The molecule has 2 aromatic rings. The number of aryl methyl sites for hydroxylation is 2. The zero-order chi connectivity index (χ0) is 24.0. The Morgan fingerprint density at radius 2 is 1.85 bits per heavy atom. The third kappa shape index (κ3) is 6.79. The first kappa shape index (κ1) is 24.2. The van der Waals surface area contributed by atoms with Gasteiger partial charge in [0.05, 0.1) is 17.8 Å². The Bertz CT molecular complexity index is 1080. The van der Waals surface area contributed by atoms with E-state index in [-0.39, 0.29) is 18.6 Å². The number of methoxy groups -OCH3 is 1. The topological polar surface area (TPSA) is 118 Å². The van der Waals surface area contributed by atoms with Gasteiger partial charge in [0.2, 0.25) is 0 Å². The fourth-order valence-corrected chi connectivity index (χ4v) is 3.55. The minimum atomic E-state index is -0.834. The van der Waals surface area contributed by atoms with Gasteiger partial charge in [-0.1, -0.05) is 18.2 Å². The normalized spacial score (nSPS) is 12.8. The highest BCUT2D eigenvalue weighted by molar-refractivity contribution is 9.10. The SMILES string of the molecule is COc1cc(C=NNC(=O)C(=O)NC2CC2)cc(Br)c1OCC(=O)Nc1c(C)cccc1C. The molecule has 3 rings (SSSR count). The number of anilines is 1. The van der Waals surface area contributed by atoms with E-state index < -0.39 is 11.8 Å². The van der Waals surface area contributed by atoms with Gasteiger partial charge >= 0.3 is 11.8 Å². The van der Waals surface area contributed by atoms with Crippen LogP contribution in [0.1, 0.15) is 29.5 Å². The minimum absolute atomic E-state index is 0.0859. The number of benzene rings is 2. The number of nitrogens with one attached hydrogen (secondary N) is 3. The van der Waals surface area contributed by atoms with Crippen LogP contribution in [-0.2, 0) is 14.4 Å². The molecular weight excluding hydrogens is 492 g/mol. The first-order valence-electron chi connectivity index (χ1n) is 10.3. The quantitative estimate of drug-likeness (QED) is 0.283. The third-order valence-electron chi connectivity index (χ3n) is 4.84. The van der Waals surface area contributed by atoms with Crippen molar-refractivity contribution in [2.75, 3.05) is 19.0 Å². The van der Waals surface area contributed by atoms with Crippen LogP contribution in [0.25, 0.3) is 0 Å². The summed E-state index contributed by atoms with van der Waals surface area (Å²) in [7, 11) is 1.47. The molecule has 3 amide bonds. The molecule has 1 fully saturated rings. The summed E-state index contributed by atoms with van der Waals surface area (Å²) in [5.41, 5.74) is 5.45. The second-order valence-electron chi connectivity index (χ2n) is 7.58. The molecule has 1 aliphatic rings. The molecule has 0 saturated heterocycles. The van der Waals surface area contributed by atoms with Crippen molar-refractivity contribution >= 4 is 45.6 Å². The van der Waals surface area contributed by atoms with Crippen LogP contribution >= 0.6 is 15.9 Å². The van der Waals surface area contributed by atoms with Crippen molar-refractivity contribution in [3.8, 4) is 11.5 Å². The first-order chi connectivity index (χ1) is 15.8. The van der Waals surface area contributed by atoms with Crippen LogP contribution in [0.2, 0.25) is 0 Å². The van der Waals surface area contributed by atoms with E-state index in [1.807, 2.05) is 32.0 Å². The first-order valence-corrected chi connectivity index (χ1v) is 11.1. The summed E-state index contributed by atoms with van der Waals surface area (Å²) in [6, 6.07) is 9.17. The number of carbonyl (C=O) groups excluding carboxylic acids is 3. The third-order valence-corrected chi connectivity index (χ3v) is 5.43. The van der Waals surface area contributed by atoms with Crippen LogP contribution in [0, 0.1) is 13.8 Å². The molecule has 10 heteroatoms. The number of carbonyl (C=O) groups is 3. The fourth-order valence-electron chi connectivity index (χ4n) is 2.97. The van der Waals surface area contributed by atoms with E-state index in [0.717, 1.165) is 29.7 Å². The van der Waals surface area contributed by atoms with Crippen molar-refractivity contribution in [3.63, 3.8) is 0 Å².